The summed E-state index contributed by atoms with van der Waals surface area (Å²) in [4.78, 5) is 20.3. The number of methoxy groups -OCH3 is 1. The number of nitrogens with zero attached hydrogens (tertiary/aromatic N) is 6. The summed E-state index contributed by atoms with van der Waals surface area (Å²) in [5.41, 5.74) is 1.21. The van der Waals surface area contributed by atoms with Crippen molar-refractivity contribution in [3.05, 3.63) is 66.5 Å². The lowest BCUT2D eigenvalue weighted by atomic mass is 10.1. The van der Waals surface area contributed by atoms with Gasteiger partial charge in [-0.3, -0.25) is 0 Å². The molecule has 0 N–H and O–H groups in total. The van der Waals surface area contributed by atoms with Gasteiger partial charge in [0.2, 0.25) is 11.8 Å². The summed E-state index contributed by atoms with van der Waals surface area (Å²) in [6, 6.07) is 10.2. The molecule has 0 amide bonds. The van der Waals surface area contributed by atoms with Gasteiger partial charge in [0.25, 0.3) is 6.43 Å². The zero-order valence-electron chi connectivity index (χ0n) is 20.4. The fraction of sp³-hybridized carbons (Fsp3) is 0.320. The third kappa shape index (κ3) is 6.58. The average Bonchev–Trinajstić information content (AvgIpc) is 3.68. The maximum Gasteiger partial charge on any atom is 0.434 e. The molecular formula is C25H23F5N6O2. The van der Waals surface area contributed by atoms with Gasteiger partial charge in [0.15, 0.2) is 18.1 Å². The van der Waals surface area contributed by atoms with Crippen molar-refractivity contribution in [2.45, 2.75) is 31.4 Å². The Hall–Kier alpha value is -4.16. The van der Waals surface area contributed by atoms with Crippen molar-refractivity contribution in [3.63, 3.8) is 0 Å². The number of aromatic nitrogens is 6. The van der Waals surface area contributed by atoms with Gasteiger partial charge in [-0.1, -0.05) is 30.3 Å². The second-order valence-corrected chi connectivity index (χ2v) is 8.26. The van der Waals surface area contributed by atoms with Gasteiger partial charge in [-0.2, -0.15) is 18.2 Å². The second-order valence-electron chi connectivity index (χ2n) is 8.26. The maximum atomic E-state index is 12.4. The molecule has 0 bridgehead atoms. The van der Waals surface area contributed by atoms with Gasteiger partial charge in [-0.15, -0.1) is 0 Å². The lowest BCUT2D eigenvalue weighted by molar-refractivity contribution is -0.140. The Kier molecular flexibility index (Phi) is 8.13. The highest BCUT2D eigenvalue weighted by Crippen LogP contribution is 2.44. The van der Waals surface area contributed by atoms with Crippen LogP contribution in [0.2, 0.25) is 0 Å². The number of alkyl halides is 5. The third-order valence-corrected chi connectivity index (χ3v) is 5.41. The van der Waals surface area contributed by atoms with Crippen LogP contribution >= 0.6 is 0 Å². The van der Waals surface area contributed by atoms with E-state index in [1.165, 1.54) is 30.3 Å². The molecule has 1 aliphatic rings. The largest absolute Gasteiger partial charge is 0.480 e. The molecule has 3 aromatic heterocycles. The van der Waals surface area contributed by atoms with Crippen LogP contribution in [0.1, 0.15) is 30.1 Å². The van der Waals surface area contributed by atoms with Crippen LogP contribution in [0.25, 0.3) is 22.8 Å². The third-order valence-electron chi connectivity index (χ3n) is 5.41. The summed E-state index contributed by atoms with van der Waals surface area (Å²) in [6.07, 6.45) is -1.01. The number of benzene rings is 1. The molecule has 0 atom stereocenters. The number of imidazole rings is 1. The lowest BCUT2D eigenvalue weighted by Gasteiger charge is -2.11. The highest BCUT2D eigenvalue weighted by Gasteiger charge is 2.34. The molecule has 13 heteroatoms. The van der Waals surface area contributed by atoms with Gasteiger partial charge in [0.1, 0.15) is 17.7 Å². The first-order valence-electron chi connectivity index (χ1n) is 11.5. The molecular weight excluding hydrogens is 511 g/mol. The molecule has 200 valence electrons. The van der Waals surface area contributed by atoms with Crippen LogP contribution in [0.3, 0.4) is 0 Å². The fourth-order valence-electron chi connectivity index (χ4n) is 3.56. The SMILES string of the molecule is COc1ncnc(C2CC2)c1-c1nccc(OCC(F)F)n1.Cn1cc(C(F)(F)F)nc1-c1ccccc1. The van der Waals surface area contributed by atoms with E-state index in [1.807, 2.05) is 0 Å². The maximum absolute atomic E-state index is 12.4. The fourth-order valence-corrected chi connectivity index (χ4v) is 3.56. The highest BCUT2D eigenvalue weighted by atomic mass is 19.4. The van der Waals surface area contributed by atoms with Crippen LogP contribution in [0.4, 0.5) is 22.0 Å². The summed E-state index contributed by atoms with van der Waals surface area (Å²) in [5.74, 6) is 1.40. The van der Waals surface area contributed by atoms with E-state index in [1.54, 1.807) is 37.4 Å². The Labute approximate surface area is 214 Å². The van der Waals surface area contributed by atoms with E-state index in [0.29, 0.717) is 34.6 Å². The van der Waals surface area contributed by atoms with E-state index in [0.717, 1.165) is 24.7 Å². The van der Waals surface area contributed by atoms with E-state index in [2.05, 4.69) is 24.9 Å². The van der Waals surface area contributed by atoms with Crippen molar-refractivity contribution in [2.24, 2.45) is 7.05 Å². The quantitative estimate of drug-likeness (QED) is 0.287. The first kappa shape index (κ1) is 26.9. The highest BCUT2D eigenvalue weighted by molar-refractivity contribution is 5.66. The van der Waals surface area contributed by atoms with E-state index in [-0.39, 0.29) is 5.88 Å². The molecule has 4 aromatic rings. The number of ether oxygens (including phenoxy) is 2. The molecule has 38 heavy (non-hydrogen) atoms. The molecule has 0 aliphatic heterocycles. The number of aryl methyl sites for hydroxylation is 1. The zero-order chi connectivity index (χ0) is 27.3. The Bertz CT molecular complexity index is 1360. The van der Waals surface area contributed by atoms with Gasteiger partial charge in [0.05, 0.1) is 12.8 Å². The minimum Gasteiger partial charge on any atom is -0.480 e. The number of rotatable bonds is 7. The van der Waals surface area contributed by atoms with Gasteiger partial charge in [-0.05, 0) is 12.8 Å². The zero-order valence-corrected chi connectivity index (χ0v) is 20.4. The summed E-state index contributed by atoms with van der Waals surface area (Å²) in [6.45, 7) is -0.714. The molecule has 1 aromatic carbocycles. The van der Waals surface area contributed by atoms with Crippen LogP contribution < -0.4 is 9.47 Å². The molecule has 8 nitrogen and oxygen atoms in total. The summed E-state index contributed by atoms with van der Waals surface area (Å²) < 4.78 is 73.3. The number of hydrogen-bond donors (Lipinski definition) is 0. The standard InChI is InChI=1S/C14H14F2N4O2.C11H9F3N2/c1-21-14-11(12(8-2-3-8)18-7-19-14)13-17-5-4-10(20-13)22-6-9(15)16;1-16-7-9(11(12,13)14)15-10(16)8-5-3-2-4-6-8/h4-5,7-9H,2-3,6H2,1H3;2-7H,1H3. The van der Waals surface area contributed by atoms with Gasteiger partial charge in [0, 0.05) is 37.0 Å². The van der Waals surface area contributed by atoms with Gasteiger partial charge in [-0.25, -0.2) is 28.7 Å². The first-order chi connectivity index (χ1) is 18.2. The Balaban J connectivity index is 0.000000186. The second kappa shape index (κ2) is 11.5. The molecule has 1 aliphatic carbocycles. The predicted molar refractivity (Wildman–Crippen MR) is 127 cm³/mol. The first-order valence-corrected chi connectivity index (χ1v) is 11.5. The Morgan fingerprint density at radius 2 is 1.76 bits per heavy atom. The van der Waals surface area contributed by atoms with Gasteiger partial charge < -0.3 is 14.0 Å². The van der Waals surface area contributed by atoms with E-state index < -0.39 is 24.9 Å². The molecule has 3 heterocycles. The molecule has 5 rings (SSSR count). The van der Waals surface area contributed by atoms with Crippen molar-refractivity contribution in [3.8, 4) is 34.5 Å². The van der Waals surface area contributed by atoms with Crippen molar-refractivity contribution >= 4 is 0 Å². The minimum atomic E-state index is -4.40. The van der Waals surface area contributed by atoms with Crippen molar-refractivity contribution in [2.75, 3.05) is 13.7 Å². The average molecular weight is 534 g/mol. The number of hydrogen-bond acceptors (Lipinski definition) is 7. The van der Waals surface area contributed by atoms with Crippen LogP contribution in [0.15, 0.2) is 55.1 Å². The molecule has 0 saturated heterocycles. The van der Waals surface area contributed by atoms with Crippen LogP contribution in [0, 0.1) is 0 Å². The van der Waals surface area contributed by atoms with E-state index >= 15 is 0 Å². The van der Waals surface area contributed by atoms with Gasteiger partial charge >= 0.3 is 6.18 Å². The van der Waals surface area contributed by atoms with Crippen LogP contribution in [-0.4, -0.2) is 49.6 Å². The summed E-state index contributed by atoms with van der Waals surface area (Å²) in [5, 5.41) is 0. The number of halogens is 5. The van der Waals surface area contributed by atoms with E-state index in [9.17, 15) is 22.0 Å². The van der Waals surface area contributed by atoms with Crippen molar-refractivity contribution in [1.82, 2.24) is 29.5 Å². The van der Waals surface area contributed by atoms with Crippen LogP contribution in [-0.2, 0) is 13.2 Å². The topological polar surface area (TPSA) is 87.8 Å². The Morgan fingerprint density at radius 1 is 1.03 bits per heavy atom. The predicted octanol–water partition coefficient (Wildman–Crippen LogP) is 5.57. The van der Waals surface area contributed by atoms with Crippen LogP contribution in [0.5, 0.6) is 11.8 Å². The smallest absolute Gasteiger partial charge is 0.434 e. The molecule has 0 radical (unpaired) electrons. The van der Waals surface area contributed by atoms with Crippen molar-refractivity contribution in [1.29, 1.82) is 0 Å². The van der Waals surface area contributed by atoms with Crippen molar-refractivity contribution < 1.29 is 31.4 Å². The minimum absolute atomic E-state index is 0.0814. The normalized spacial score (nSPS) is 13.2. The van der Waals surface area contributed by atoms with E-state index in [4.69, 9.17) is 9.47 Å². The molecule has 0 spiro atoms. The molecule has 1 fully saturated rings. The lowest BCUT2D eigenvalue weighted by Crippen LogP contribution is -2.09. The molecule has 0 unspecified atom stereocenters. The summed E-state index contributed by atoms with van der Waals surface area (Å²) in [7, 11) is 3.05. The monoisotopic (exact) mass is 534 g/mol. The summed E-state index contributed by atoms with van der Waals surface area (Å²) >= 11 is 0. The molecule has 1 saturated carbocycles. The Morgan fingerprint density at radius 3 is 2.37 bits per heavy atom.